The van der Waals surface area contributed by atoms with Crippen LogP contribution < -0.4 is 4.74 Å². The summed E-state index contributed by atoms with van der Waals surface area (Å²) in [5.74, 6) is 0.975. The van der Waals surface area contributed by atoms with Crippen molar-refractivity contribution in [2.24, 2.45) is 0 Å². The molecule has 3 heteroatoms. The van der Waals surface area contributed by atoms with E-state index in [1.165, 1.54) is 0 Å². The highest BCUT2D eigenvalue weighted by atomic mass is 16.5. The number of benzene rings is 2. The third-order valence-electron chi connectivity index (χ3n) is 3.36. The fourth-order valence-electron chi connectivity index (χ4n) is 2.09. The number of rotatable bonds is 5. The Bertz CT molecular complexity index is 763. The van der Waals surface area contributed by atoms with Gasteiger partial charge in [0.25, 0.3) is 0 Å². The minimum Gasteiger partial charge on any atom is -0.508 e. The summed E-state index contributed by atoms with van der Waals surface area (Å²) in [5, 5.41) is 9.24. The molecule has 0 saturated heterocycles. The van der Waals surface area contributed by atoms with Crippen molar-refractivity contribution in [1.82, 2.24) is 4.98 Å². The van der Waals surface area contributed by atoms with Gasteiger partial charge in [0.2, 0.25) is 0 Å². The summed E-state index contributed by atoms with van der Waals surface area (Å²) in [6.07, 6.45) is 5.80. The van der Waals surface area contributed by atoms with Gasteiger partial charge in [-0.3, -0.25) is 4.98 Å². The minimum atomic E-state index is 0.237. The van der Waals surface area contributed by atoms with Crippen LogP contribution in [0.2, 0.25) is 0 Å². The Morgan fingerprint density at radius 2 is 1.65 bits per heavy atom. The summed E-state index contributed by atoms with van der Waals surface area (Å²) in [4.78, 5) is 4.26. The maximum atomic E-state index is 9.24. The molecule has 3 nitrogen and oxygen atoms in total. The average molecular weight is 303 g/mol. The molecule has 0 atom stereocenters. The lowest BCUT2D eigenvalue weighted by atomic mass is 10.1. The smallest absolute Gasteiger partial charge is 0.120 e. The molecule has 0 radical (unpaired) electrons. The monoisotopic (exact) mass is 303 g/mol. The molecule has 0 aliphatic heterocycles. The fourth-order valence-corrected chi connectivity index (χ4v) is 2.09. The number of pyridine rings is 1. The molecule has 0 saturated carbocycles. The molecule has 2 aromatic carbocycles. The van der Waals surface area contributed by atoms with Crippen molar-refractivity contribution in [3.8, 4) is 11.5 Å². The molecular weight excluding hydrogens is 286 g/mol. The standard InChI is InChI=1S/C20H17NO2/c22-19-10-12-20(13-11-19)23-15-17-6-4-16(5-7-17)8-9-18-3-1-2-14-21-18/h1-14,22H,15H2/b9-8+. The third-order valence-corrected chi connectivity index (χ3v) is 3.36. The molecule has 0 aliphatic rings. The van der Waals surface area contributed by atoms with Gasteiger partial charge in [-0.1, -0.05) is 36.4 Å². The van der Waals surface area contributed by atoms with Crippen LogP contribution in [0.5, 0.6) is 11.5 Å². The first-order chi connectivity index (χ1) is 11.3. The highest BCUT2D eigenvalue weighted by molar-refractivity contribution is 5.67. The Morgan fingerprint density at radius 1 is 0.870 bits per heavy atom. The van der Waals surface area contributed by atoms with Gasteiger partial charge in [0.1, 0.15) is 18.1 Å². The number of aromatic hydroxyl groups is 1. The lowest BCUT2D eigenvalue weighted by molar-refractivity contribution is 0.305. The van der Waals surface area contributed by atoms with Crippen LogP contribution in [-0.2, 0) is 6.61 Å². The molecular formula is C20H17NO2. The Balaban J connectivity index is 1.58. The second-order valence-corrected chi connectivity index (χ2v) is 5.11. The summed E-state index contributed by atoms with van der Waals surface area (Å²) in [6.45, 7) is 0.495. The molecule has 0 fully saturated rings. The molecule has 114 valence electrons. The first-order valence-electron chi connectivity index (χ1n) is 7.39. The molecule has 0 amide bonds. The Labute approximate surface area is 135 Å². The van der Waals surface area contributed by atoms with E-state index in [1.807, 2.05) is 42.5 Å². The number of nitrogens with zero attached hydrogens (tertiary/aromatic N) is 1. The van der Waals surface area contributed by atoms with Gasteiger partial charge >= 0.3 is 0 Å². The van der Waals surface area contributed by atoms with Crippen molar-refractivity contribution in [3.63, 3.8) is 0 Å². The van der Waals surface area contributed by atoms with Crippen LogP contribution >= 0.6 is 0 Å². The molecule has 3 aromatic rings. The maximum Gasteiger partial charge on any atom is 0.120 e. The van der Waals surface area contributed by atoms with E-state index < -0.39 is 0 Å². The van der Waals surface area contributed by atoms with Crippen molar-refractivity contribution in [2.75, 3.05) is 0 Å². The van der Waals surface area contributed by atoms with Crippen LogP contribution in [0.1, 0.15) is 16.8 Å². The number of ether oxygens (including phenoxy) is 1. The van der Waals surface area contributed by atoms with Crippen LogP contribution in [0.25, 0.3) is 12.2 Å². The van der Waals surface area contributed by atoms with Gasteiger partial charge in [-0.2, -0.15) is 0 Å². The van der Waals surface area contributed by atoms with E-state index in [0.717, 1.165) is 22.6 Å². The Morgan fingerprint density at radius 3 is 2.35 bits per heavy atom. The van der Waals surface area contributed by atoms with Gasteiger partial charge in [-0.05, 0) is 53.6 Å². The quantitative estimate of drug-likeness (QED) is 0.752. The van der Waals surface area contributed by atoms with E-state index in [2.05, 4.69) is 17.1 Å². The summed E-state index contributed by atoms with van der Waals surface area (Å²) in [6, 6.07) is 20.7. The first-order valence-corrected chi connectivity index (χ1v) is 7.39. The maximum absolute atomic E-state index is 9.24. The van der Waals surface area contributed by atoms with E-state index in [4.69, 9.17) is 4.74 Å². The van der Waals surface area contributed by atoms with Crippen molar-refractivity contribution in [2.45, 2.75) is 6.61 Å². The molecule has 1 heterocycles. The third kappa shape index (κ3) is 4.45. The minimum absolute atomic E-state index is 0.237. The predicted molar refractivity (Wildman–Crippen MR) is 92.0 cm³/mol. The molecule has 0 unspecified atom stereocenters. The van der Waals surface area contributed by atoms with Crippen molar-refractivity contribution < 1.29 is 9.84 Å². The van der Waals surface area contributed by atoms with Gasteiger partial charge in [-0.15, -0.1) is 0 Å². The van der Waals surface area contributed by atoms with Crippen LogP contribution in [-0.4, -0.2) is 10.1 Å². The van der Waals surface area contributed by atoms with Gasteiger partial charge in [0.15, 0.2) is 0 Å². The zero-order valence-corrected chi connectivity index (χ0v) is 12.6. The first kappa shape index (κ1) is 14.9. The number of hydrogen-bond acceptors (Lipinski definition) is 3. The van der Waals surface area contributed by atoms with E-state index in [-0.39, 0.29) is 5.75 Å². The number of phenolic OH excluding ortho intramolecular Hbond substituents is 1. The molecule has 0 bridgehead atoms. The van der Waals surface area contributed by atoms with Crippen molar-refractivity contribution >= 4 is 12.2 Å². The summed E-state index contributed by atoms with van der Waals surface area (Å²) in [5.41, 5.74) is 3.14. The zero-order valence-electron chi connectivity index (χ0n) is 12.6. The lowest BCUT2D eigenvalue weighted by Crippen LogP contribution is -1.94. The van der Waals surface area contributed by atoms with Crippen LogP contribution in [0.15, 0.2) is 72.9 Å². The second-order valence-electron chi connectivity index (χ2n) is 5.11. The fraction of sp³-hybridized carbons (Fsp3) is 0.0500. The Kier molecular flexibility index (Phi) is 4.69. The Hall–Kier alpha value is -3.07. The molecule has 3 rings (SSSR count). The topological polar surface area (TPSA) is 42.4 Å². The highest BCUT2D eigenvalue weighted by Crippen LogP contribution is 2.17. The number of hydrogen-bond donors (Lipinski definition) is 1. The molecule has 1 N–H and O–H groups in total. The summed E-state index contributed by atoms with van der Waals surface area (Å²) in [7, 11) is 0. The second kappa shape index (κ2) is 7.27. The van der Waals surface area contributed by atoms with Gasteiger partial charge in [-0.25, -0.2) is 0 Å². The van der Waals surface area contributed by atoms with E-state index in [1.54, 1.807) is 30.5 Å². The number of phenols is 1. The van der Waals surface area contributed by atoms with Crippen molar-refractivity contribution in [1.29, 1.82) is 0 Å². The van der Waals surface area contributed by atoms with Crippen molar-refractivity contribution in [3.05, 3.63) is 89.7 Å². The molecule has 1 aromatic heterocycles. The molecule has 0 spiro atoms. The van der Waals surface area contributed by atoms with Gasteiger partial charge in [0.05, 0.1) is 5.69 Å². The van der Waals surface area contributed by atoms with Crippen LogP contribution in [0.3, 0.4) is 0 Å². The lowest BCUT2D eigenvalue weighted by Gasteiger charge is -2.06. The normalized spacial score (nSPS) is 10.8. The van der Waals surface area contributed by atoms with Gasteiger partial charge in [0, 0.05) is 6.20 Å². The average Bonchev–Trinajstić information content (AvgIpc) is 2.61. The summed E-state index contributed by atoms with van der Waals surface area (Å²) >= 11 is 0. The number of aromatic nitrogens is 1. The molecule has 0 aliphatic carbocycles. The highest BCUT2D eigenvalue weighted by Gasteiger charge is 1.97. The van der Waals surface area contributed by atoms with E-state index in [0.29, 0.717) is 6.61 Å². The van der Waals surface area contributed by atoms with Crippen LogP contribution in [0, 0.1) is 0 Å². The summed E-state index contributed by atoms with van der Waals surface area (Å²) < 4.78 is 5.68. The van der Waals surface area contributed by atoms with Gasteiger partial charge < -0.3 is 9.84 Å². The SMILES string of the molecule is Oc1ccc(OCc2ccc(/C=C/c3ccccn3)cc2)cc1. The zero-order chi connectivity index (χ0) is 15.9. The van der Waals surface area contributed by atoms with E-state index >= 15 is 0 Å². The molecule has 23 heavy (non-hydrogen) atoms. The van der Waals surface area contributed by atoms with E-state index in [9.17, 15) is 5.11 Å². The predicted octanol–water partition coefficient (Wildman–Crippen LogP) is 4.54. The largest absolute Gasteiger partial charge is 0.508 e. The van der Waals surface area contributed by atoms with Crippen LogP contribution in [0.4, 0.5) is 0 Å².